The molecule has 0 fully saturated rings. The molecule has 0 N–H and O–H groups in total. The van der Waals surface area contributed by atoms with E-state index in [2.05, 4.69) is 0 Å². The second kappa shape index (κ2) is 7.48. The molecule has 1 rings (SSSR count). The van der Waals surface area contributed by atoms with E-state index in [0.29, 0.717) is 25.6 Å². The standard InChI is InChI=1S/C13H17NO5/c1-3-6-18-7-8-19-11-4-5-12(10(2)15)13(9-11)14(16)17/h4-5,9H,3,6-8H2,1-2H3. The van der Waals surface area contributed by atoms with Gasteiger partial charge in [0.2, 0.25) is 0 Å². The minimum atomic E-state index is -0.586. The average molecular weight is 267 g/mol. The van der Waals surface area contributed by atoms with Gasteiger partial charge in [-0.1, -0.05) is 6.92 Å². The molecule has 1 aromatic rings. The minimum absolute atomic E-state index is 0.0829. The Labute approximate surface area is 111 Å². The summed E-state index contributed by atoms with van der Waals surface area (Å²) in [5.41, 5.74) is -0.154. The van der Waals surface area contributed by atoms with Crippen LogP contribution in [0.4, 0.5) is 5.69 Å². The van der Waals surface area contributed by atoms with Crippen LogP contribution in [0.25, 0.3) is 0 Å². The van der Waals surface area contributed by atoms with Crippen molar-refractivity contribution in [2.75, 3.05) is 19.8 Å². The summed E-state index contributed by atoms with van der Waals surface area (Å²) >= 11 is 0. The van der Waals surface area contributed by atoms with Crippen molar-refractivity contribution < 1.29 is 19.2 Å². The molecule has 104 valence electrons. The van der Waals surface area contributed by atoms with Crippen LogP contribution in [0, 0.1) is 10.1 Å². The molecule has 6 heteroatoms. The summed E-state index contributed by atoms with van der Waals surface area (Å²) in [6.07, 6.45) is 0.929. The predicted octanol–water partition coefficient (Wildman–Crippen LogP) is 2.60. The summed E-state index contributed by atoms with van der Waals surface area (Å²) < 4.78 is 10.6. The van der Waals surface area contributed by atoms with Gasteiger partial charge in [-0.25, -0.2) is 0 Å². The number of nitro groups is 1. The minimum Gasteiger partial charge on any atom is -0.491 e. The van der Waals surface area contributed by atoms with Crippen molar-refractivity contribution >= 4 is 11.5 Å². The topological polar surface area (TPSA) is 78.7 Å². The molecule has 0 saturated heterocycles. The zero-order valence-electron chi connectivity index (χ0n) is 11.0. The lowest BCUT2D eigenvalue weighted by atomic mass is 10.1. The third-order valence-electron chi connectivity index (χ3n) is 2.39. The van der Waals surface area contributed by atoms with E-state index in [1.807, 2.05) is 6.92 Å². The normalized spacial score (nSPS) is 10.2. The molecule has 0 amide bonds. The van der Waals surface area contributed by atoms with Crippen molar-refractivity contribution in [3.05, 3.63) is 33.9 Å². The second-order valence-corrected chi connectivity index (χ2v) is 3.95. The van der Waals surface area contributed by atoms with Crippen LogP contribution in [0.5, 0.6) is 5.75 Å². The molecule has 0 radical (unpaired) electrons. The van der Waals surface area contributed by atoms with Crippen molar-refractivity contribution in [2.45, 2.75) is 20.3 Å². The fraction of sp³-hybridized carbons (Fsp3) is 0.462. The number of rotatable bonds is 8. The molecule has 6 nitrogen and oxygen atoms in total. The molecule has 0 aliphatic rings. The summed E-state index contributed by atoms with van der Waals surface area (Å²) in [6, 6.07) is 4.21. The van der Waals surface area contributed by atoms with E-state index in [0.717, 1.165) is 6.42 Å². The van der Waals surface area contributed by atoms with E-state index in [1.54, 1.807) is 6.07 Å². The number of nitro benzene ring substituents is 1. The molecule has 0 unspecified atom stereocenters. The Kier molecular flexibility index (Phi) is 5.95. The van der Waals surface area contributed by atoms with Crippen molar-refractivity contribution in [3.8, 4) is 5.75 Å². The van der Waals surface area contributed by atoms with Crippen LogP contribution in [0.15, 0.2) is 18.2 Å². The van der Waals surface area contributed by atoms with Crippen LogP contribution in [0.3, 0.4) is 0 Å². The van der Waals surface area contributed by atoms with E-state index < -0.39 is 4.92 Å². The first-order chi connectivity index (χ1) is 9.06. The third-order valence-corrected chi connectivity index (χ3v) is 2.39. The molecule has 0 saturated carbocycles. The summed E-state index contributed by atoms with van der Waals surface area (Å²) in [5.74, 6) is 0.0151. The molecule has 1 aromatic carbocycles. The molecule has 0 heterocycles. The van der Waals surface area contributed by atoms with Gasteiger partial charge in [0.25, 0.3) is 5.69 Å². The number of ether oxygens (including phenoxy) is 2. The van der Waals surface area contributed by atoms with Crippen LogP contribution in [-0.4, -0.2) is 30.5 Å². The molecule has 0 spiro atoms. The van der Waals surface area contributed by atoms with Gasteiger partial charge in [-0.05, 0) is 25.5 Å². The number of hydrogen-bond acceptors (Lipinski definition) is 5. The largest absolute Gasteiger partial charge is 0.491 e. The van der Waals surface area contributed by atoms with Crippen molar-refractivity contribution in [1.82, 2.24) is 0 Å². The molecule has 0 aliphatic carbocycles. The summed E-state index contributed by atoms with van der Waals surface area (Å²) in [7, 11) is 0. The van der Waals surface area contributed by atoms with Gasteiger partial charge in [0.15, 0.2) is 5.78 Å². The van der Waals surface area contributed by atoms with Gasteiger partial charge in [0.05, 0.1) is 23.2 Å². The highest BCUT2D eigenvalue weighted by atomic mass is 16.6. The van der Waals surface area contributed by atoms with Gasteiger partial charge in [0.1, 0.15) is 12.4 Å². The van der Waals surface area contributed by atoms with E-state index in [4.69, 9.17) is 9.47 Å². The van der Waals surface area contributed by atoms with Gasteiger partial charge in [0, 0.05) is 6.61 Å². The number of ketones is 1. The van der Waals surface area contributed by atoms with Crippen LogP contribution in [0.1, 0.15) is 30.6 Å². The quantitative estimate of drug-likeness (QED) is 0.313. The van der Waals surface area contributed by atoms with Crippen LogP contribution >= 0.6 is 0 Å². The maximum absolute atomic E-state index is 11.2. The third kappa shape index (κ3) is 4.67. The molecular weight excluding hydrogens is 250 g/mol. The van der Waals surface area contributed by atoms with Crippen molar-refractivity contribution in [3.63, 3.8) is 0 Å². The lowest BCUT2D eigenvalue weighted by Gasteiger charge is -2.07. The Morgan fingerprint density at radius 3 is 2.63 bits per heavy atom. The average Bonchev–Trinajstić information content (AvgIpc) is 2.38. The highest BCUT2D eigenvalue weighted by molar-refractivity contribution is 5.98. The zero-order chi connectivity index (χ0) is 14.3. The Balaban J connectivity index is 2.68. The Hall–Kier alpha value is -1.95. The second-order valence-electron chi connectivity index (χ2n) is 3.95. The number of benzene rings is 1. The van der Waals surface area contributed by atoms with Gasteiger partial charge in [-0.15, -0.1) is 0 Å². The van der Waals surface area contributed by atoms with Gasteiger partial charge < -0.3 is 9.47 Å². The molecule has 0 atom stereocenters. The fourth-order valence-corrected chi connectivity index (χ4v) is 1.51. The summed E-state index contributed by atoms with van der Waals surface area (Å²) in [5, 5.41) is 10.9. The van der Waals surface area contributed by atoms with Crippen molar-refractivity contribution in [1.29, 1.82) is 0 Å². The molecule has 0 bridgehead atoms. The lowest BCUT2D eigenvalue weighted by Crippen LogP contribution is -2.08. The zero-order valence-corrected chi connectivity index (χ0v) is 11.0. The number of hydrogen-bond donors (Lipinski definition) is 0. The van der Waals surface area contributed by atoms with E-state index in [-0.39, 0.29) is 17.0 Å². The number of carbonyl (C=O) groups is 1. The van der Waals surface area contributed by atoms with Gasteiger partial charge in [-0.3, -0.25) is 14.9 Å². The first-order valence-electron chi connectivity index (χ1n) is 6.06. The first kappa shape index (κ1) is 15.1. The van der Waals surface area contributed by atoms with Crippen LogP contribution in [-0.2, 0) is 4.74 Å². The van der Waals surface area contributed by atoms with Crippen LogP contribution < -0.4 is 4.74 Å². The maximum Gasteiger partial charge on any atom is 0.283 e. The van der Waals surface area contributed by atoms with Crippen LogP contribution in [0.2, 0.25) is 0 Å². The Morgan fingerprint density at radius 1 is 1.32 bits per heavy atom. The van der Waals surface area contributed by atoms with Crippen molar-refractivity contribution in [2.24, 2.45) is 0 Å². The maximum atomic E-state index is 11.2. The molecule has 0 aliphatic heterocycles. The van der Waals surface area contributed by atoms with E-state index in [9.17, 15) is 14.9 Å². The summed E-state index contributed by atoms with van der Waals surface area (Å²) in [6.45, 7) is 4.70. The van der Waals surface area contributed by atoms with Gasteiger partial charge in [-0.2, -0.15) is 0 Å². The SMILES string of the molecule is CCCOCCOc1ccc(C(C)=O)c([N+](=O)[O-])c1. The highest BCUT2D eigenvalue weighted by Crippen LogP contribution is 2.25. The lowest BCUT2D eigenvalue weighted by molar-refractivity contribution is -0.385. The number of Topliss-reactive ketones (excluding diaryl/α,β-unsaturated/α-hetero) is 1. The number of nitrogens with zero attached hydrogens (tertiary/aromatic N) is 1. The van der Waals surface area contributed by atoms with Gasteiger partial charge >= 0.3 is 0 Å². The molecular formula is C13H17NO5. The number of carbonyl (C=O) groups excluding carboxylic acids is 1. The Morgan fingerprint density at radius 2 is 2.05 bits per heavy atom. The molecule has 19 heavy (non-hydrogen) atoms. The highest BCUT2D eigenvalue weighted by Gasteiger charge is 2.18. The summed E-state index contributed by atoms with van der Waals surface area (Å²) in [4.78, 5) is 21.5. The van der Waals surface area contributed by atoms with E-state index >= 15 is 0 Å². The molecule has 0 aromatic heterocycles. The fourth-order valence-electron chi connectivity index (χ4n) is 1.51. The predicted molar refractivity (Wildman–Crippen MR) is 69.7 cm³/mol. The Bertz CT molecular complexity index is 458. The van der Waals surface area contributed by atoms with E-state index in [1.165, 1.54) is 19.1 Å². The smallest absolute Gasteiger partial charge is 0.283 e. The monoisotopic (exact) mass is 267 g/mol. The first-order valence-corrected chi connectivity index (χ1v) is 6.06.